The third-order valence-electron chi connectivity index (χ3n) is 5.56. The number of hydrogen-bond donors (Lipinski definition) is 0. The van der Waals surface area contributed by atoms with Crippen LogP contribution in [-0.4, -0.2) is 37.1 Å². The van der Waals surface area contributed by atoms with Crippen LogP contribution in [-0.2, 0) is 28.7 Å². The Hall–Kier alpha value is -4.40. The first-order chi connectivity index (χ1) is 19.6. The van der Waals surface area contributed by atoms with Crippen LogP contribution in [0.1, 0.15) is 65.2 Å². The molecule has 220 valence electrons. The summed E-state index contributed by atoms with van der Waals surface area (Å²) in [7, 11) is 0. The number of unbranched alkanes of at least 4 members (excludes halogenated alkanes) is 4. The molecule has 0 fully saturated rings. The second kappa shape index (κ2) is 18.0. The Bertz CT molecular complexity index is 1090. The van der Waals surface area contributed by atoms with Gasteiger partial charge in [-0.15, -0.1) is 0 Å². The van der Waals surface area contributed by atoms with Gasteiger partial charge in [0.1, 0.15) is 23.0 Å². The fraction of sp³-hybridized carbons (Fsp3) is 0.375. The van der Waals surface area contributed by atoms with Crippen molar-refractivity contribution in [3.63, 3.8) is 0 Å². The van der Waals surface area contributed by atoms with Crippen LogP contribution in [0.2, 0.25) is 0 Å². The molecule has 0 amide bonds. The molecule has 0 heterocycles. The second-order valence-corrected chi connectivity index (χ2v) is 9.45. The van der Waals surface area contributed by atoms with E-state index in [1.807, 2.05) is 0 Å². The number of benzene rings is 2. The number of carbonyl (C=O) groups excluding carboxylic acids is 4. The zero-order valence-corrected chi connectivity index (χ0v) is 23.8. The Labute approximate surface area is 241 Å². The molecule has 0 radical (unpaired) electrons. The molecular formula is C32H38O9. The van der Waals surface area contributed by atoms with Crippen molar-refractivity contribution < 1.29 is 42.9 Å². The van der Waals surface area contributed by atoms with E-state index in [1.165, 1.54) is 0 Å². The Morgan fingerprint density at radius 2 is 0.878 bits per heavy atom. The molecular weight excluding hydrogens is 528 g/mol. The quantitative estimate of drug-likeness (QED) is 0.0846. The zero-order chi connectivity index (χ0) is 30.0. The maximum atomic E-state index is 12.1. The minimum absolute atomic E-state index is 0.260. The molecule has 41 heavy (non-hydrogen) atoms. The third kappa shape index (κ3) is 14.0. The van der Waals surface area contributed by atoms with Gasteiger partial charge in [0, 0.05) is 24.0 Å². The maximum absolute atomic E-state index is 12.1. The Morgan fingerprint density at radius 3 is 1.22 bits per heavy atom. The van der Waals surface area contributed by atoms with E-state index in [0.717, 1.165) is 12.8 Å². The normalized spacial score (nSPS) is 10.3. The summed E-state index contributed by atoms with van der Waals surface area (Å²) in [5, 5.41) is 0. The van der Waals surface area contributed by atoms with Crippen molar-refractivity contribution in [3.05, 3.63) is 72.8 Å². The topological polar surface area (TPSA) is 114 Å². The second-order valence-electron chi connectivity index (χ2n) is 9.45. The largest absolute Gasteiger partial charge is 0.462 e. The summed E-state index contributed by atoms with van der Waals surface area (Å²) in [6, 6.07) is 13.3. The zero-order valence-electron chi connectivity index (χ0n) is 23.8. The number of carbonyl (C=O) groups is 4. The summed E-state index contributed by atoms with van der Waals surface area (Å²) < 4.78 is 26.5. The van der Waals surface area contributed by atoms with E-state index in [9.17, 15) is 19.2 Å². The van der Waals surface area contributed by atoms with Crippen molar-refractivity contribution in [2.75, 3.05) is 13.2 Å². The average molecular weight is 567 g/mol. The molecule has 0 aromatic heterocycles. The van der Waals surface area contributed by atoms with Gasteiger partial charge in [0.2, 0.25) is 0 Å². The van der Waals surface area contributed by atoms with Crippen LogP contribution < -0.4 is 14.2 Å². The average Bonchev–Trinajstić information content (AvgIpc) is 2.94. The van der Waals surface area contributed by atoms with Gasteiger partial charge in [-0.2, -0.15) is 0 Å². The summed E-state index contributed by atoms with van der Waals surface area (Å²) in [6.07, 6.45) is 4.58. The molecule has 0 N–H and O–H groups in total. The van der Waals surface area contributed by atoms with Crippen LogP contribution in [0.25, 0.3) is 0 Å². The monoisotopic (exact) mass is 566 g/mol. The van der Waals surface area contributed by atoms with E-state index in [1.54, 1.807) is 62.4 Å². The van der Waals surface area contributed by atoms with Crippen LogP contribution >= 0.6 is 0 Å². The molecule has 0 spiro atoms. The van der Waals surface area contributed by atoms with Crippen molar-refractivity contribution in [1.82, 2.24) is 0 Å². The molecule has 0 atom stereocenters. The SMILES string of the molecule is C=C(C)C(=O)OCCCCCC(=O)Oc1ccc(Oc2ccc(OC(=O)CCCCCOC(=O)C(=C)C)cc2)cc1. The van der Waals surface area contributed by atoms with Crippen molar-refractivity contribution in [1.29, 1.82) is 0 Å². The van der Waals surface area contributed by atoms with Gasteiger partial charge < -0.3 is 23.7 Å². The number of ether oxygens (including phenoxy) is 5. The molecule has 0 bridgehead atoms. The third-order valence-corrected chi connectivity index (χ3v) is 5.56. The van der Waals surface area contributed by atoms with Crippen LogP contribution in [0.3, 0.4) is 0 Å². The van der Waals surface area contributed by atoms with Crippen LogP contribution in [0.5, 0.6) is 23.0 Å². The molecule has 2 aromatic rings. The molecule has 9 nitrogen and oxygen atoms in total. The van der Waals surface area contributed by atoms with Gasteiger partial charge in [0.05, 0.1) is 13.2 Å². The smallest absolute Gasteiger partial charge is 0.333 e. The molecule has 0 aliphatic carbocycles. The molecule has 0 unspecified atom stereocenters. The standard InChI is InChI=1S/C32H38O9/c1-23(2)31(35)37-21-9-5-7-11-29(33)40-27-17-13-25(14-18-27)39-26-15-19-28(20-16-26)41-30(34)12-8-6-10-22-38-32(36)24(3)4/h13-20H,1,3,5-12,21-22H2,2,4H3. The predicted octanol–water partition coefficient (Wildman–Crippen LogP) is 6.65. The first-order valence-corrected chi connectivity index (χ1v) is 13.6. The Morgan fingerprint density at radius 1 is 0.537 bits per heavy atom. The van der Waals surface area contributed by atoms with E-state index < -0.39 is 11.9 Å². The van der Waals surface area contributed by atoms with Gasteiger partial charge in [0.25, 0.3) is 0 Å². The lowest BCUT2D eigenvalue weighted by atomic mass is 10.2. The fourth-order valence-electron chi connectivity index (χ4n) is 3.32. The van der Waals surface area contributed by atoms with Crippen molar-refractivity contribution in [3.8, 4) is 23.0 Å². The van der Waals surface area contributed by atoms with Crippen LogP contribution in [0, 0.1) is 0 Å². The van der Waals surface area contributed by atoms with Gasteiger partial charge in [-0.1, -0.05) is 13.2 Å². The molecule has 0 saturated heterocycles. The Balaban J connectivity index is 1.63. The first kappa shape index (κ1) is 32.8. The lowest BCUT2D eigenvalue weighted by molar-refractivity contribution is -0.140. The first-order valence-electron chi connectivity index (χ1n) is 13.6. The number of hydrogen-bond acceptors (Lipinski definition) is 9. The van der Waals surface area contributed by atoms with Crippen LogP contribution in [0.4, 0.5) is 0 Å². The van der Waals surface area contributed by atoms with E-state index in [-0.39, 0.29) is 24.8 Å². The van der Waals surface area contributed by atoms with E-state index >= 15 is 0 Å². The number of rotatable bonds is 18. The van der Waals surface area contributed by atoms with Gasteiger partial charge in [-0.25, -0.2) is 9.59 Å². The lowest BCUT2D eigenvalue weighted by Gasteiger charge is -2.09. The summed E-state index contributed by atoms with van der Waals surface area (Å²) in [4.78, 5) is 46.7. The van der Waals surface area contributed by atoms with Gasteiger partial charge in [0.15, 0.2) is 0 Å². The highest BCUT2D eigenvalue weighted by molar-refractivity contribution is 5.87. The van der Waals surface area contributed by atoms with Crippen LogP contribution in [0.15, 0.2) is 72.8 Å². The van der Waals surface area contributed by atoms with Crippen molar-refractivity contribution in [2.45, 2.75) is 65.2 Å². The van der Waals surface area contributed by atoms with Crippen molar-refractivity contribution >= 4 is 23.9 Å². The molecule has 0 saturated carbocycles. The summed E-state index contributed by atoms with van der Waals surface area (Å²) in [5.74, 6) is 0.423. The van der Waals surface area contributed by atoms with E-state index in [2.05, 4.69) is 13.2 Å². The maximum Gasteiger partial charge on any atom is 0.333 e. The van der Waals surface area contributed by atoms with Gasteiger partial charge in [-0.3, -0.25) is 9.59 Å². The fourth-order valence-corrected chi connectivity index (χ4v) is 3.32. The lowest BCUT2D eigenvalue weighted by Crippen LogP contribution is -2.08. The number of esters is 4. The van der Waals surface area contributed by atoms with Gasteiger partial charge >= 0.3 is 23.9 Å². The molecule has 2 aromatic carbocycles. The highest BCUT2D eigenvalue weighted by atomic mass is 16.5. The van der Waals surface area contributed by atoms with Crippen molar-refractivity contribution in [2.24, 2.45) is 0 Å². The summed E-state index contributed by atoms with van der Waals surface area (Å²) in [6.45, 7) is 10.8. The minimum atomic E-state index is -0.407. The van der Waals surface area contributed by atoms with E-state index in [0.29, 0.717) is 73.0 Å². The highest BCUT2D eigenvalue weighted by Crippen LogP contribution is 2.26. The minimum Gasteiger partial charge on any atom is -0.462 e. The predicted molar refractivity (Wildman–Crippen MR) is 153 cm³/mol. The molecule has 9 heteroatoms. The highest BCUT2D eigenvalue weighted by Gasteiger charge is 2.09. The summed E-state index contributed by atoms with van der Waals surface area (Å²) in [5.41, 5.74) is 0.728. The molecule has 2 rings (SSSR count). The molecule has 0 aliphatic rings. The van der Waals surface area contributed by atoms with Gasteiger partial charge in [-0.05, 0) is 101 Å². The Kier molecular flexibility index (Phi) is 14.4. The summed E-state index contributed by atoms with van der Waals surface area (Å²) >= 11 is 0. The van der Waals surface area contributed by atoms with E-state index in [4.69, 9.17) is 23.7 Å². The molecule has 0 aliphatic heterocycles.